The molecule has 0 spiro atoms. The van der Waals surface area contributed by atoms with Crippen LogP contribution in [0.15, 0.2) is 12.2 Å². The number of carbonyl (C=O) groups excluding carboxylic acids is 1. The molecule has 0 bridgehead atoms. The molecule has 0 atom stereocenters. The topological polar surface area (TPSA) is 50.2 Å². The molecule has 0 aromatic carbocycles. The van der Waals surface area contributed by atoms with Gasteiger partial charge in [0, 0.05) is 0 Å². The van der Waals surface area contributed by atoms with E-state index in [2.05, 4.69) is 4.74 Å². The van der Waals surface area contributed by atoms with Gasteiger partial charge < -0.3 is 4.74 Å². The Labute approximate surface area is 60.2 Å². The first-order valence-corrected chi connectivity index (χ1v) is 3.05. The number of ether oxygens (including phenoxy) is 1. The van der Waals surface area contributed by atoms with Gasteiger partial charge in [0.1, 0.15) is 5.71 Å². The average Bonchev–Trinajstić information content (AvgIpc) is 1.98. The van der Waals surface area contributed by atoms with Crippen molar-refractivity contribution in [1.82, 2.24) is 0 Å². The van der Waals surface area contributed by atoms with E-state index < -0.39 is 5.97 Å². The summed E-state index contributed by atoms with van der Waals surface area (Å²) in [5.41, 5.74) is -0.107. The van der Waals surface area contributed by atoms with Crippen molar-refractivity contribution in [3.63, 3.8) is 0 Å². The van der Waals surface area contributed by atoms with Crippen LogP contribution in [0.2, 0.25) is 0 Å². The van der Waals surface area contributed by atoms with Crippen molar-refractivity contribution >= 4 is 11.7 Å². The van der Waals surface area contributed by atoms with Crippen LogP contribution in [0.1, 0.15) is 13.3 Å². The van der Waals surface area contributed by atoms with Gasteiger partial charge in [-0.05, 0) is 12.5 Å². The quantitative estimate of drug-likeness (QED) is 0.473. The van der Waals surface area contributed by atoms with Crippen LogP contribution in [0.25, 0.3) is 0 Å². The summed E-state index contributed by atoms with van der Waals surface area (Å²) in [6, 6.07) is 0. The van der Waals surface area contributed by atoms with Crippen LogP contribution in [0.5, 0.6) is 0 Å². The SMILES string of the molecule is CC/C=C\C(=N)C(=O)OC. The second-order valence-electron chi connectivity index (χ2n) is 1.72. The smallest absolute Gasteiger partial charge is 0.355 e. The summed E-state index contributed by atoms with van der Waals surface area (Å²) in [6.45, 7) is 1.93. The number of esters is 1. The van der Waals surface area contributed by atoms with E-state index in [0.29, 0.717) is 0 Å². The number of methoxy groups -OCH3 is 1. The average molecular weight is 141 g/mol. The monoisotopic (exact) mass is 141 g/mol. The fourth-order valence-electron chi connectivity index (χ4n) is 0.414. The molecule has 0 saturated heterocycles. The first-order valence-electron chi connectivity index (χ1n) is 3.05. The molecule has 3 nitrogen and oxygen atoms in total. The van der Waals surface area contributed by atoms with Crippen LogP contribution < -0.4 is 0 Å². The molecular weight excluding hydrogens is 130 g/mol. The first kappa shape index (κ1) is 8.88. The molecule has 0 aliphatic rings. The van der Waals surface area contributed by atoms with Gasteiger partial charge in [0.15, 0.2) is 0 Å². The number of allylic oxidation sites excluding steroid dienone is 1. The van der Waals surface area contributed by atoms with Crippen molar-refractivity contribution in [2.45, 2.75) is 13.3 Å². The minimum Gasteiger partial charge on any atom is -0.464 e. The molecule has 0 fully saturated rings. The molecule has 0 rings (SSSR count). The molecule has 0 aromatic rings. The zero-order valence-corrected chi connectivity index (χ0v) is 6.18. The van der Waals surface area contributed by atoms with Gasteiger partial charge in [0.05, 0.1) is 7.11 Å². The Bertz CT molecular complexity index is 161. The van der Waals surface area contributed by atoms with Crippen LogP contribution in [0.3, 0.4) is 0 Å². The largest absolute Gasteiger partial charge is 0.464 e. The van der Waals surface area contributed by atoms with Gasteiger partial charge in [-0.15, -0.1) is 0 Å². The van der Waals surface area contributed by atoms with E-state index in [1.165, 1.54) is 13.2 Å². The fourth-order valence-corrected chi connectivity index (χ4v) is 0.414. The maximum Gasteiger partial charge on any atom is 0.355 e. The predicted octanol–water partition coefficient (Wildman–Crippen LogP) is 1.15. The van der Waals surface area contributed by atoms with Crippen molar-refractivity contribution in [2.24, 2.45) is 0 Å². The Kier molecular flexibility index (Phi) is 4.20. The van der Waals surface area contributed by atoms with Gasteiger partial charge in [-0.2, -0.15) is 0 Å². The Morgan fingerprint density at radius 2 is 2.30 bits per heavy atom. The Morgan fingerprint density at radius 3 is 2.70 bits per heavy atom. The Morgan fingerprint density at radius 1 is 1.70 bits per heavy atom. The summed E-state index contributed by atoms with van der Waals surface area (Å²) in [4.78, 5) is 10.5. The lowest BCUT2D eigenvalue weighted by Gasteiger charge is -1.92. The summed E-state index contributed by atoms with van der Waals surface area (Å²) in [5.74, 6) is -0.593. The lowest BCUT2D eigenvalue weighted by atomic mass is 10.3. The zero-order chi connectivity index (χ0) is 7.98. The second-order valence-corrected chi connectivity index (χ2v) is 1.72. The lowest BCUT2D eigenvalue weighted by Crippen LogP contribution is -2.11. The lowest BCUT2D eigenvalue weighted by molar-refractivity contribution is -0.132. The summed E-state index contributed by atoms with van der Waals surface area (Å²) in [7, 11) is 1.26. The third-order valence-electron chi connectivity index (χ3n) is 0.926. The minimum absolute atomic E-state index is 0.107. The number of carbonyl (C=O) groups is 1. The van der Waals surface area contributed by atoms with Gasteiger partial charge in [-0.25, -0.2) is 4.79 Å². The van der Waals surface area contributed by atoms with E-state index >= 15 is 0 Å². The van der Waals surface area contributed by atoms with E-state index in [1.807, 2.05) is 6.92 Å². The molecule has 0 heterocycles. The van der Waals surface area contributed by atoms with Crippen LogP contribution in [0.4, 0.5) is 0 Å². The molecule has 3 heteroatoms. The standard InChI is InChI=1S/C7H11NO2/c1-3-4-5-6(8)7(9)10-2/h4-5,8H,3H2,1-2H3/b5-4-,8-6?. The maximum absolute atomic E-state index is 10.5. The maximum atomic E-state index is 10.5. The highest BCUT2D eigenvalue weighted by Gasteiger charge is 2.02. The normalized spacial score (nSPS) is 9.80. The predicted molar refractivity (Wildman–Crippen MR) is 39.2 cm³/mol. The highest BCUT2D eigenvalue weighted by atomic mass is 16.5. The highest BCUT2D eigenvalue weighted by molar-refractivity contribution is 6.39. The molecule has 0 amide bonds. The molecular formula is C7H11NO2. The van der Waals surface area contributed by atoms with E-state index in [-0.39, 0.29) is 5.71 Å². The van der Waals surface area contributed by atoms with E-state index in [0.717, 1.165) is 6.42 Å². The molecule has 56 valence electrons. The molecule has 0 aliphatic carbocycles. The molecule has 0 aliphatic heterocycles. The number of hydrogen-bond donors (Lipinski definition) is 1. The van der Waals surface area contributed by atoms with Crippen LogP contribution in [0, 0.1) is 5.41 Å². The zero-order valence-electron chi connectivity index (χ0n) is 6.18. The van der Waals surface area contributed by atoms with Gasteiger partial charge in [0.25, 0.3) is 0 Å². The van der Waals surface area contributed by atoms with Crippen molar-refractivity contribution in [3.8, 4) is 0 Å². The fraction of sp³-hybridized carbons (Fsp3) is 0.429. The number of rotatable bonds is 3. The number of nitrogens with one attached hydrogen (secondary N) is 1. The number of hydrogen-bond acceptors (Lipinski definition) is 3. The minimum atomic E-state index is -0.593. The summed E-state index contributed by atoms with van der Waals surface area (Å²) in [6.07, 6.45) is 3.99. The van der Waals surface area contributed by atoms with Crippen LogP contribution >= 0.6 is 0 Å². The Hall–Kier alpha value is -1.12. The van der Waals surface area contributed by atoms with E-state index in [4.69, 9.17) is 5.41 Å². The van der Waals surface area contributed by atoms with E-state index in [1.54, 1.807) is 6.08 Å². The third-order valence-corrected chi connectivity index (χ3v) is 0.926. The molecule has 0 saturated carbocycles. The molecule has 0 aromatic heterocycles. The van der Waals surface area contributed by atoms with Gasteiger partial charge in [-0.1, -0.05) is 13.0 Å². The first-order chi connectivity index (χ1) is 4.72. The van der Waals surface area contributed by atoms with Crippen LogP contribution in [-0.4, -0.2) is 18.8 Å². The van der Waals surface area contributed by atoms with Crippen molar-refractivity contribution in [3.05, 3.63) is 12.2 Å². The van der Waals surface area contributed by atoms with Crippen molar-refractivity contribution in [1.29, 1.82) is 5.41 Å². The van der Waals surface area contributed by atoms with Gasteiger partial charge >= 0.3 is 5.97 Å². The van der Waals surface area contributed by atoms with Crippen molar-refractivity contribution < 1.29 is 9.53 Å². The van der Waals surface area contributed by atoms with Crippen molar-refractivity contribution in [2.75, 3.05) is 7.11 Å². The highest BCUT2D eigenvalue weighted by Crippen LogP contribution is 1.84. The molecule has 0 radical (unpaired) electrons. The summed E-state index contributed by atoms with van der Waals surface area (Å²) < 4.78 is 4.29. The summed E-state index contributed by atoms with van der Waals surface area (Å²) in [5, 5.41) is 7.04. The van der Waals surface area contributed by atoms with Gasteiger partial charge in [0.2, 0.25) is 0 Å². The van der Waals surface area contributed by atoms with Gasteiger partial charge in [-0.3, -0.25) is 5.41 Å². The summed E-state index contributed by atoms with van der Waals surface area (Å²) >= 11 is 0. The third kappa shape index (κ3) is 3.02. The Balaban J connectivity index is 3.85. The molecule has 0 unspecified atom stereocenters. The molecule has 1 N–H and O–H groups in total. The van der Waals surface area contributed by atoms with E-state index in [9.17, 15) is 4.79 Å². The molecule has 10 heavy (non-hydrogen) atoms. The van der Waals surface area contributed by atoms with Crippen LogP contribution in [-0.2, 0) is 9.53 Å². The second kappa shape index (κ2) is 4.73.